The number of anilines is 2. The molecule has 1 N–H and O–H groups in total. The summed E-state index contributed by atoms with van der Waals surface area (Å²) in [6.45, 7) is 1.30. The Balaban J connectivity index is 1.59. The maximum absolute atomic E-state index is 13.1. The van der Waals surface area contributed by atoms with Crippen LogP contribution in [0.2, 0.25) is 0 Å². The normalized spacial score (nSPS) is 17.4. The van der Waals surface area contributed by atoms with E-state index >= 15 is 0 Å². The first-order valence-corrected chi connectivity index (χ1v) is 13.5. The number of fused-ring (bicyclic) bond motifs is 1. The van der Waals surface area contributed by atoms with E-state index in [1.807, 2.05) is 0 Å². The number of hydrogen-bond acceptors (Lipinski definition) is 5. The molecule has 1 amide bonds. The van der Waals surface area contributed by atoms with E-state index in [-0.39, 0.29) is 10.6 Å². The van der Waals surface area contributed by atoms with Gasteiger partial charge < -0.3 is 5.32 Å². The van der Waals surface area contributed by atoms with Crippen LogP contribution >= 0.6 is 0 Å². The largest absolute Gasteiger partial charge is 0.321 e. The predicted octanol–water partition coefficient (Wildman–Crippen LogP) is 2.44. The summed E-state index contributed by atoms with van der Waals surface area (Å²) in [6.07, 6.45) is 4.34. The van der Waals surface area contributed by atoms with E-state index in [9.17, 15) is 21.6 Å². The van der Waals surface area contributed by atoms with Crippen LogP contribution in [-0.4, -0.2) is 52.9 Å². The smallest absolute Gasteiger partial charge is 0.255 e. The monoisotopic (exact) mass is 463 g/mol. The van der Waals surface area contributed by atoms with Crippen molar-refractivity contribution in [1.82, 2.24) is 4.31 Å². The number of nitrogens with zero attached hydrogens (tertiary/aromatic N) is 2. The van der Waals surface area contributed by atoms with Crippen molar-refractivity contribution in [3.63, 3.8) is 0 Å². The quantitative estimate of drug-likeness (QED) is 0.734. The molecule has 0 radical (unpaired) electrons. The van der Waals surface area contributed by atoms with Gasteiger partial charge in [-0.3, -0.25) is 9.10 Å². The molecule has 4 rings (SSSR count). The lowest BCUT2D eigenvalue weighted by molar-refractivity contribution is 0.102. The van der Waals surface area contributed by atoms with Crippen LogP contribution in [0.15, 0.2) is 47.4 Å². The number of carbonyl (C=O) groups is 1. The lowest BCUT2D eigenvalue weighted by Gasteiger charge is -2.26. The molecule has 2 aliphatic heterocycles. The molecule has 1 saturated heterocycles. The summed E-state index contributed by atoms with van der Waals surface area (Å²) in [6, 6.07) is 11.2. The van der Waals surface area contributed by atoms with E-state index in [2.05, 4.69) is 5.32 Å². The number of para-hydroxylation sites is 1. The molecule has 31 heavy (non-hydrogen) atoms. The van der Waals surface area contributed by atoms with Gasteiger partial charge in [0, 0.05) is 25.2 Å². The SMILES string of the molecule is CS(=O)(=O)N1CCc2cc(C(=O)Nc3ccccc3S(=O)(=O)N3CCCCC3)ccc21. The molecule has 1 fully saturated rings. The van der Waals surface area contributed by atoms with Gasteiger partial charge in [0.05, 0.1) is 17.6 Å². The summed E-state index contributed by atoms with van der Waals surface area (Å²) in [5.74, 6) is -0.443. The second-order valence-corrected chi connectivity index (χ2v) is 11.7. The summed E-state index contributed by atoms with van der Waals surface area (Å²) in [7, 11) is -7.08. The van der Waals surface area contributed by atoms with Crippen molar-refractivity contribution in [2.45, 2.75) is 30.6 Å². The van der Waals surface area contributed by atoms with Crippen molar-refractivity contribution >= 4 is 37.3 Å². The minimum Gasteiger partial charge on any atom is -0.321 e. The van der Waals surface area contributed by atoms with Crippen LogP contribution in [0.3, 0.4) is 0 Å². The molecule has 166 valence electrons. The fraction of sp³-hybridized carbons (Fsp3) is 0.381. The summed E-state index contributed by atoms with van der Waals surface area (Å²) in [5, 5.41) is 2.73. The predicted molar refractivity (Wildman–Crippen MR) is 119 cm³/mol. The number of benzene rings is 2. The van der Waals surface area contributed by atoms with Gasteiger partial charge >= 0.3 is 0 Å². The maximum atomic E-state index is 13.1. The summed E-state index contributed by atoms with van der Waals surface area (Å²) in [4.78, 5) is 13.0. The highest BCUT2D eigenvalue weighted by molar-refractivity contribution is 7.92. The Hall–Kier alpha value is -2.43. The highest BCUT2D eigenvalue weighted by Crippen LogP contribution is 2.31. The lowest BCUT2D eigenvalue weighted by atomic mass is 10.1. The molecule has 10 heteroatoms. The highest BCUT2D eigenvalue weighted by atomic mass is 32.2. The second kappa shape index (κ2) is 8.25. The van der Waals surface area contributed by atoms with Crippen LogP contribution in [0.1, 0.15) is 35.2 Å². The van der Waals surface area contributed by atoms with E-state index in [1.165, 1.54) is 14.7 Å². The van der Waals surface area contributed by atoms with E-state index in [1.54, 1.807) is 36.4 Å². The molecular weight excluding hydrogens is 438 g/mol. The summed E-state index contributed by atoms with van der Waals surface area (Å²) in [5.41, 5.74) is 1.93. The molecule has 0 spiro atoms. The summed E-state index contributed by atoms with van der Waals surface area (Å²) >= 11 is 0. The van der Waals surface area contributed by atoms with Gasteiger partial charge in [-0.1, -0.05) is 18.6 Å². The van der Waals surface area contributed by atoms with Gasteiger partial charge in [-0.15, -0.1) is 0 Å². The van der Waals surface area contributed by atoms with Crippen molar-refractivity contribution in [2.75, 3.05) is 35.5 Å². The molecule has 0 aromatic heterocycles. The number of piperidine rings is 1. The molecule has 0 atom stereocenters. The minimum atomic E-state index is -3.71. The molecule has 2 aromatic rings. The minimum absolute atomic E-state index is 0.0784. The number of hydrogen-bond donors (Lipinski definition) is 1. The first kappa shape index (κ1) is 21.8. The van der Waals surface area contributed by atoms with Crippen LogP contribution in [-0.2, 0) is 26.5 Å². The highest BCUT2D eigenvalue weighted by Gasteiger charge is 2.29. The second-order valence-electron chi connectivity index (χ2n) is 7.84. The Bertz CT molecular complexity index is 1220. The Morgan fingerprint density at radius 3 is 2.35 bits per heavy atom. The van der Waals surface area contributed by atoms with Crippen molar-refractivity contribution in [3.05, 3.63) is 53.6 Å². The topological polar surface area (TPSA) is 104 Å². The maximum Gasteiger partial charge on any atom is 0.255 e. The van der Waals surface area contributed by atoms with E-state index in [0.29, 0.717) is 37.3 Å². The van der Waals surface area contributed by atoms with Gasteiger partial charge in [-0.2, -0.15) is 4.31 Å². The number of carbonyl (C=O) groups excluding carboxylic acids is 1. The molecule has 0 aliphatic carbocycles. The van der Waals surface area contributed by atoms with E-state index in [0.717, 1.165) is 31.1 Å². The van der Waals surface area contributed by atoms with Crippen LogP contribution in [0, 0.1) is 0 Å². The van der Waals surface area contributed by atoms with Crippen molar-refractivity contribution < 1.29 is 21.6 Å². The Morgan fingerprint density at radius 2 is 1.65 bits per heavy atom. The fourth-order valence-electron chi connectivity index (χ4n) is 4.09. The van der Waals surface area contributed by atoms with Crippen molar-refractivity contribution in [1.29, 1.82) is 0 Å². The zero-order chi connectivity index (χ0) is 22.2. The van der Waals surface area contributed by atoms with E-state index < -0.39 is 26.0 Å². The van der Waals surface area contributed by atoms with Crippen LogP contribution < -0.4 is 9.62 Å². The van der Waals surface area contributed by atoms with Gasteiger partial charge in [0.2, 0.25) is 20.0 Å². The molecule has 2 heterocycles. The first-order valence-electron chi connectivity index (χ1n) is 10.2. The van der Waals surface area contributed by atoms with Gasteiger partial charge in [-0.25, -0.2) is 16.8 Å². The number of sulfonamides is 2. The molecule has 2 aromatic carbocycles. The van der Waals surface area contributed by atoms with Crippen molar-refractivity contribution in [3.8, 4) is 0 Å². The fourth-order valence-corrected chi connectivity index (χ4v) is 6.71. The van der Waals surface area contributed by atoms with Gasteiger partial charge in [0.1, 0.15) is 4.90 Å². The molecule has 2 aliphatic rings. The molecular formula is C21H25N3O5S2. The Labute approximate surface area is 183 Å². The average Bonchev–Trinajstić information content (AvgIpc) is 3.18. The number of amides is 1. The average molecular weight is 464 g/mol. The molecule has 8 nitrogen and oxygen atoms in total. The van der Waals surface area contributed by atoms with Crippen LogP contribution in [0.5, 0.6) is 0 Å². The van der Waals surface area contributed by atoms with Gasteiger partial charge in [0.25, 0.3) is 5.91 Å². The van der Waals surface area contributed by atoms with Gasteiger partial charge in [-0.05, 0) is 55.2 Å². The van der Waals surface area contributed by atoms with E-state index in [4.69, 9.17) is 0 Å². The standard InChI is InChI=1S/C21H25N3O5S2/c1-30(26,27)24-14-11-16-15-17(9-10-19(16)24)21(25)22-18-7-3-4-8-20(18)31(28,29)23-12-5-2-6-13-23/h3-4,7-10,15H,2,5-6,11-14H2,1H3,(H,22,25). The number of nitrogens with one attached hydrogen (secondary N) is 1. The van der Waals surface area contributed by atoms with Gasteiger partial charge in [0.15, 0.2) is 0 Å². The number of rotatable bonds is 5. The Kier molecular flexibility index (Phi) is 5.80. The third-order valence-electron chi connectivity index (χ3n) is 5.66. The molecule has 0 bridgehead atoms. The summed E-state index contributed by atoms with van der Waals surface area (Å²) < 4.78 is 52.8. The Morgan fingerprint density at radius 1 is 0.935 bits per heavy atom. The first-order chi connectivity index (χ1) is 14.7. The zero-order valence-corrected chi connectivity index (χ0v) is 18.9. The lowest BCUT2D eigenvalue weighted by Crippen LogP contribution is -2.36. The third-order valence-corrected chi connectivity index (χ3v) is 8.80. The molecule has 0 saturated carbocycles. The third kappa shape index (κ3) is 4.32. The van der Waals surface area contributed by atoms with Crippen LogP contribution in [0.4, 0.5) is 11.4 Å². The van der Waals surface area contributed by atoms with Crippen LogP contribution in [0.25, 0.3) is 0 Å². The zero-order valence-electron chi connectivity index (χ0n) is 17.2. The van der Waals surface area contributed by atoms with Crippen molar-refractivity contribution in [2.24, 2.45) is 0 Å². The molecule has 0 unspecified atom stereocenters.